The quantitative estimate of drug-likeness (QED) is 0.297. The number of hydrogen-bond acceptors (Lipinski definition) is 8. The number of nitrogens with zero attached hydrogens (tertiary/aromatic N) is 2. The maximum absolute atomic E-state index is 11.9. The number of aliphatic carboxylic acids is 2. The van der Waals surface area contributed by atoms with Crippen LogP contribution >= 0.6 is 0 Å². The molecule has 1 heterocycles. The summed E-state index contributed by atoms with van der Waals surface area (Å²) in [6.45, 7) is -1.55. The van der Waals surface area contributed by atoms with E-state index >= 15 is 0 Å². The van der Waals surface area contributed by atoms with Crippen molar-refractivity contribution in [2.75, 3.05) is 20.3 Å². The summed E-state index contributed by atoms with van der Waals surface area (Å²) < 4.78 is 0. The summed E-state index contributed by atoms with van der Waals surface area (Å²) in [6, 6.07) is -1.58. The Morgan fingerprint density at radius 3 is 1.96 bits per heavy atom. The van der Waals surface area contributed by atoms with E-state index in [2.05, 4.69) is 9.97 Å². The topological polar surface area (TPSA) is 199 Å². The third-order valence-electron chi connectivity index (χ3n) is 2.31. The van der Waals surface area contributed by atoms with Crippen LogP contribution in [0.15, 0.2) is 12.4 Å². The van der Waals surface area contributed by atoms with Crippen molar-refractivity contribution in [3.05, 3.63) is 23.8 Å². The first-order valence-corrected chi connectivity index (χ1v) is 6.27. The number of carbonyl (C=O) groups excluding carboxylic acids is 2. The van der Waals surface area contributed by atoms with Crippen molar-refractivity contribution in [2.24, 2.45) is 0 Å². The van der Waals surface area contributed by atoms with Crippen molar-refractivity contribution >= 4 is 23.8 Å². The highest BCUT2D eigenvalue weighted by atomic mass is 16.4. The van der Waals surface area contributed by atoms with Gasteiger partial charge in [-0.25, -0.2) is 14.8 Å². The highest BCUT2D eigenvalue weighted by molar-refractivity contribution is 6.05. The molecule has 0 aliphatic rings. The Morgan fingerprint density at radius 2 is 1.54 bits per heavy atom. The molecule has 0 spiro atoms. The van der Waals surface area contributed by atoms with Gasteiger partial charge in [-0.3, -0.25) is 14.4 Å². The Morgan fingerprint density at radius 1 is 1.04 bits per heavy atom. The Balaban J connectivity index is 0.00000254. The molecule has 12 heteroatoms. The molecule has 1 aromatic rings. The van der Waals surface area contributed by atoms with E-state index in [9.17, 15) is 19.2 Å². The van der Waals surface area contributed by atoms with Crippen LogP contribution in [-0.4, -0.2) is 80.5 Å². The number of aliphatic hydroxyl groups is 2. The molecule has 1 aromatic heterocycles. The fourth-order valence-electron chi connectivity index (χ4n) is 1.32. The minimum atomic E-state index is -1.58. The highest BCUT2D eigenvalue weighted by Crippen LogP contribution is 2.02. The van der Waals surface area contributed by atoms with E-state index in [0.29, 0.717) is 0 Å². The van der Waals surface area contributed by atoms with Gasteiger partial charge in [-0.1, -0.05) is 0 Å². The first kappa shape index (κ1) is 20.9. The van der Waals surface area contributed by atoms with Gasteiger partial charge in [0.2, 0.25) is 0 Å². The number of rotatable bonds is 7. The van der Waals surface area contributed by atoms with Gasteiger partial charge in [0, 0.05) is 19.5 Å². The van der Waals surface area contributed by atoms with Crippen molar-refractivity contribution in [1.29, 1.82) is 0 Å². The highest BCUT2D eigenvalue weighted by Gasteiger charge is 2.25. The summed E-state index contributed by atoms with van der Waals surface area (Å²) in [6.07, 6.45) is 2.20. The molecule has 6 N–H and O–H groups in total. The third-order valence-corrected chi connectivity index (χ3v) is 2.31. The fraction of sp³-hybridized carbons (Fsp3) is 0.333. The van der Waals surface area contributed by atoms with Crippen LogP contribution < -0.4 is 10.6 Å². The van der Waals surface area contributed by atoms with E-state index in [0.717, 1.165) is 19.5 Å². The van der Waals surface area contributed by atoms with Crippen LogP contribution in [0, 0.1) is 0 Å². The van der Waals surface area contributed by atoms with Crippen LogP contribution in [0.25, 0.3) is 0 Å². The number of hydrogen-bond donors (Lipinski definition) is 6. The standard InChI is InChI=1S/C11H12N4O7.CH4O/c16-4-5(11(21)22)15-10(20)8-7(12-1-2-13-8)9(19)14-3-6(17)18;1-2/h1-2,5,16H,3-4H2,(H,14,19)(H,15,20)(H,17,18)(H,21,22);2H,1H3. The summed E-state index contributed by atoms with van der Waals surface area (Å²) in [5.41, 5.74) is -0.964. The second kappa shape index (κ2) is 10.6. The van der Waals surface area contributed by atoms with Crippen molar-refractivity contribution in [2.45, 2.75) is 6.04 Å². The summed E-state index contributed by atoms with van der Waals surface area (Å²) in [7, 11) is 1.00. The van der Waals surface area contributed by atoms with Crippen molar-refractivity contribution in [1.82, 2.24) is 20.6 Å². The zero-order valence-electron chi connectivity index (χ0n) is 12.5. The molecule has 1 atom stereocenters. The summed E-state index contributed by atoms with van der Waals surface area (Å²) in [4.78, 5) is 52.0. The number of carbonyl (C=O) groups is 4. The third kappa shape index (κ3) is 6.33. The zero-order valence-corrected chi connectivity index (χ0v) is 12.5. The molecule has 0 aliphatic heterocycles. The smallest absolute Gasteiger partial charge is 0.328 e. The van der Waals surface area contributed by atoms with E-state index in [4.69, 9.17) is 20.4 Å². The van der Waals surface area contributed by atoms with E-state index in [1.54, 1.807) is 0 Å². The van der Waals surface area contributed by atoms with Crippen molar-refractivity contribution < 1.29 is 39.6 Å². The second-order valence-corrected chi connectivity index (χ2v) is 3.88. The number of carboxylic acid groups (broad SMARTS) is 2. The first-order valence-electron chi connectivity index (χ1n) is 6.27. The summed E-state index contributed by atoms with van der Waals surface area (Å²) in [5, 5.41) is 37.0. The van der Waals surface area contributed by atoms with Gasteiger partial charge in [-0.05, 0) is 0 Å². The second-order valence-electron chi connectivity index (χ2n) is 3.88. The van der Waals surface area contributed by atoms with Crippen LogP contribution in [-0.2, 0) is 9.59 Å². The van der Waals surface area contributed by atoms with Gasteiger partial charge < -0.3 is 31.1 Å². The molecule has 24 heavy (non-hydrogen) atoms. The SMILES string of the molecule is CO.O=C(O)CNC(=O)c1nccnc1C(=O)NC(CO)C(=O)O. The molecule has 0 radical (unpaired) electrons. The van der Waals surface area contributed by atoms with E-state index in [1.165, 1.54) is 0 Å². The molecule has 2 amide bonds. The molecule has 12 nitrogen and oxygen atoms in total. The summed E-state index contributed by atoms with van der Waals surface area (Å²) in [5.74, 6) is -4.78. The zero-order chi connectivity index (χ0) is 18.7. The van der Waals surface area contributed by atoms with Gasteiger partial charge in [-0.2, -0.15) is 0 Å². The number of carboxylic acids is 2. The molecule has 0 saturated carbocycles. The predicted molar refractivity (Wildman–Crippen MR) is 76.1 cm³/mol. The Bertz CT molecular complexity index is 606. The number of aliphatic hydroxyl groups excluding tert-OH is 2. The van der Waals surface area contributed by atoms with Gasteiger partial charge >= 0.3 is 11.9 Å². The monoisotopic (exact) mass is 344 g/mol. The lowest BCUT2D eigenvalue weighted by molar-refractivity contribution is -0.140. The number of aromatic nitrogens is 2. The summed E-state index contributed by atoms with van der Waals surface area (Å²) >= 11 is 0. The van der Waals surface area contributed by atoms with Crippen LogP contribution in [0.1, 0.15) is 21.0 Å². The molecule has 1 rings (SSSR count). The maximum atomic E-state index is 11.9. The molecular formula is C12H16N4O8. The number of amides is 2. The molecule has 0 aromatic carbocycles. The normalized spacial score (nSPS) is 10.6. The van der Waals surface area contributed by atoms with Gasteiger partial charge in [0.05, 0.1) is 6.61 Å². The molecular weight excluding hydrogens is 328 g/mol. The molecule has 1 unspecified atom stereocenters. The molecule has 132 valence electrons. The van der Waals surface area contributed by atoms with E-state index < -0.39 is 54.3 Å². The predicted octanol–water partition coefficient (Wildman–Crippen LogP) is -2.93. The van der Waals surface area contributed by atoms with Crippen LogP contribution in [0.4, 0.5) is 0 Å². The van der Waals surface area contributed by atoms with Gasteiger partial charge in [0.25, 0.3) is 11.8 Å². The minimum absolute atomic E-state index is 0.469. The van der Waals surface area contributed by atoms with Crippen LogP contribution in [0.3, 0.4) is 0 Å². The van der Waals surface area contributed by atoms with Crippen molar-refractivity contribution in [3.8, 4) is 0 Å². The first-order chi connectivity index (χ1) is 11.4. The van der Waals surface area contributed by atoms with E-state index in [1.807, 2.05) is 10.6 Å². The molecule has 0 aliphatic carbocycles. The van der Waals surface area contributed by atoms with Gasteiger partial charge in [-0.15, -0.1) is 0 Å². The lowest BCUT2D eigenvalue weighted by Gasteiger charge is -2.12. The largest absolute Gasteiger partial charge is 0.480 e. The van der Waals surface area contributed by atoms with Crippen molar-refractivity contribution in [3.63, 3.8) is 0 Å². The average Bonchev–Trinajstić information content (AvgIpc) is 2.58. The lowest BCUT2D eigenvalue weighted by atomic mass is 10.2. The Kier molecular flexibility index (Phi) is 9.20. The van der Waals surface area contributed by atoms with Gasteiger partial charge in [0.15, 0.2) is 17.4 Å². The lowest BCUT2D eigenvalue weighted by Crippen LogP contribution is -2.44. The van der Waals surface area contributed by atoms with E-state index in [-0.39, 0.29) is 0 Å². The molecule has 0 saturated heterocycles. The molecule has 0 bridgehead atoms. The fourth-order valence-corrected chi connectivity index (χ4v) is 1.32. The minimum Gasteiger partial charge on any atom is -0.480 e. The van der Waals surface area contributed by atoms with Crippen LogP contribution in [0.5, 0.6) is 0 Å². The van der Waals surface area contributed by atoms with Crippen LogP contribution in [0.2, 0.25) is 0 Å². The molecule has 0 fully saturated rings. The number of nitrogens with one attached hydrogen (secondary N) is 2. The Labute approximate surface area is 135 Å². The maximum Gasteiger partial charge on any atom is 0.328 e. The van der Waals surface area contributed by atoms with Gasteiger partial charge in [0.1, 0.15) is 6.54 Å². The Hall–Kier alpha value is -3.12. The average molecular weight is 344 g/mol.